The van der Waals surface area contributed by atoms with Gasteiger partial charge in [0.2, 0.25) is 0 Å². The molecule has 2 heterocycles. The second kappa shape index (κ2) is 6.10. The lowest BCUT2D eigenvalue weighted by Crippen LogP contribution is -1.91. The molecule has 0 aliphatic heterocycles. The van der Waals surface area contributed by atoms with Gasteiger partial charge in [-0.15, -0.1) is 0 Å². The third-order valence-corrected chi connectivity index (χ3v) is 3.25. The molecule has 0 aliphatic rings. The molecular weight excluding hydrogens is 274 g/mol. The van der Waals surface area contributed by atoms with E-state index >= 15 is 0 Å². The van der Waals surface area contributed by atoms with Crippen molar-refractivity contribution in [3.05, 3.63) is 73.1 Å². The predicted octanol–water partition coefficient (Wildman–Crippen LogP) is 3.76. The first kappa shape index (κ1) is 13.8. The van der Waals surface area contributed by atoms with Crippen molar-refractivity contribution in [1.29, 1.82) is 0 Å². The third kappa shape index (κ3) is 2.81. The van der Waals surface area contributed by atoms with E-state index < -0.39 is 0 Å². The highest BCUT2D eigenvalue weighted by molar-refractivity contribution is 6.08. The highest BCUT2D eigenvalue weighted by Crippen LogP contribution is 2.26. The molecule has 4 nitrogen and oxygen atoms in total. The number of aromatic nitrogens is 2. The van der Waals surface area contributed by atoms with Gasteiger partial charge in [0.15, 0.2) is 0 Å². The van der Waals surface area contributed by atoms with Crippen LogP contribution in [0.4, 0.5) is 5.69 Å². The normalized spacial score (nSPS) is 10.2. The van der Waals surface area contributed by atoms with Gasteiger partial charge in [-0.1, -0.05) is 24.3 Å². The van der Waals surface area contributed by atoms with E-state index in [4.69, 9.17) is 10.8 Å². The van der Waals surface area contributed by atoms with E-state index in [1.54, 1.807) is 36.7 Å². The summed E-state index contributed by atoms with van der Waals surface area (Å²) < 4.78 is 0. The van der Waals surface area contributed by atoms with E-state index in [0.29, 0.717) is 5.75 Å². The molecule has 2 aromatic heterocycles. The minimum absolute atomic E-state index is 0.322. The lowest BCUT2D eigenvalue weighted by atomic mass is 10.1. The van der Waals surface area contributed by atoms with Gasteiger partial charge < -0.3 is 10.8 Å². The van der Waals surface area contributed by atoms with Gasteiger partial charge in [-0.05, 0) is 36.4 Å². The number of anilines is 1. The number of nitrogens with zero attached hydrogens (tertiary/aromatic N) is 2. The van der Waals surface area contributed by atoms with Gasteiger partial charge in [0.1, 0.15) is 5.75 Å². The summed E-state index contributed by atoms with van der Waals surface area (Å²) in [5.74, 6) is 0.322. The fourth-order valence-corrected chi connectivity index (χ4v) is 2.23. The Morgan fingerprint density at radius 2 is 1.45 bits per heavy atom. The molecule has 0 saturated heterocycles. The van der Waals surface area contributed by atoms with Gasteiger partial charge in [-0.25, -0.2) is 0 Å². The molecule has 0 spiro atoms. The molecule has 0 amide bonds. The highest BCUT2D eigenvalue weighted by atomic mass is 16.3. The number of phenols is 1. The summed E-state index contributed by atoms with van der Waals surface area (Å²) in [7, 11) is 0. The number of phenolic OH excluding ortho intramolecular Hbond substituents is 1. The Bertz CT molecular complexity index is 907. The molecular formula is C18H15N3O. The van der Waals surface area contributed by atoms with Crippen LogP contribution in [-0.4, -0.2) is 15.1 Å². The molecule has 4 aromatic rings. The van der Waals surface area contributed by atoms with Crippen molar-refractivity contribution in [3.63, 3.8) is 0 Å². The lowest BCUT2D eigenvalue weighted by molar-refractivity contribution is 0.475. The molecule has 4 heteroatoms. The van der Waals surface area contributed by atoms with Gasteiger partial charge >= 0.3 is 0 Å². The zero-order chi connectivity index (χ0) is 15.4. The number of benzene rings is 2. The number of hydrogen-bond acceptors (Lipinski definition) is 4. The quantitative estimate of drug-likeness (QED) is 0.382. The summed E-state index contributed by atoms with van der Waals surface area (Å²) in [5.41, 5.74) is 8.48. The van der Waals surface area contributed by atoms with Crippen molar-refractivity contribution in [2.75, 3.05) is 5.73 Å². The first-order valence-corrected chi connectivity index (χ1v) is 6.87. The van der Waals surface area contributed by atoms with Crippen LogP contribution in [0.1, 0.15) is 0 Å². The van der Waals surface area contributed by atoms with Crippen molar-refractivity contribution >= 4 is 27.5 Å². The molecule has 4 rings (SSSR count). The molecule has 0 atom stereocenters. The Morgan fingerprint density at radius 3 is 2.14 bits per heavy atom. The second-order valence-electron chi connectivity index (χ2n) is 4.78. The Labute approximate surface area is 127 Å². The first-order chi connectivity index (χ1) is 10.8. The number of aromatic hydroxyl groups is 1. The van der Waals surface area contributed by atoms with E-state index in [0.717, 1.165) is 27.5 Å². The Morgan fingerprint density at radius 1 is 0.773 bits per heavy atom. The Balaban J connectivity index is 0.000000174. The fourth-order valence-electron chi connectivity index (χ4n) is 2.23. The van der Waals surface area contributed by atoms with E-state index in [2.05, 4.69) is 9.97 Å². The second-order valence-corrected chi connectivity index (χ2v) is 4.78. The summed E-state index contributed by atoms with van der Waals surface area (Å²) >= 11 is 0. The molecule has 0 unspecified atom stereocenters. The zero-order valence-corrected chi connectivity index (χ0v) is 11.8. The summed E-state index contributed by atoms with van der Waals surface area (Å²) in [6.07, 6.45) is 3.53. The van der Waals surface area contributed by atoms with Crippen molar-refractivity contribution in [3.8, 4) is 5.75 Å². The van der Waals surface area contributed by atoms with Crippen LogP contribution in [0.25, 0.3) is 21.8 Å². The summed E-state index contributed by atoms with van der Waals surface area (Å²) in [6, 6.07) is 18.4. The van der Waals surface area contributed by atoms with E-state index in [9.17, 15) is 0 Å². The van der Waals surface area contributed by atoms with Crippen LogP contribution in [0.2, 0.25) is 0 Å². The van der Waals surface area contributed by atoms with Crippen molar-refractivity contribution in [2.24, 2.45) is 0 Å². The number of nitrogens with two attached hydrogens (primary N) is 1. The number of hydrogen-bond donors (Lipinski definition) is 2. The van der Waals surface area contributed by atoms with E-state index in [1.807, 2.05) is 36.4 Å². The molecule has 0 fully saturated rings. The summed E-state index contributed by atoms with van der Waals surface area (Å²) in [6.45, 7) is 0. The van der Waals surface area contributed by atoms with Gasteiger partial charge in [0.25, 0.3) is 0 Å². The summed E-state index contributed by atoms with van der Waals surface area (Å²) in [4.78, 5) is 8.66. The molecule has 2 aromatic carbocycles. The minimum Gasteiger partial charge on any atom is -0.508 e. The SMILES string of the molecule is Nc1cc2cccnc2c2ncccc12.Oc1ccccc1. The average Bonchev–Trinajstić information content (AvgIpc) is 2.57. The number of nitrogen functional groups attached to an aromatic ring is 1. The maximum Gasteiger partial charge on any atom is 0.115 e. The monoisotopic (exact) mass is 289 g/mol. The van der Waals surface area contributed by atoms with Crippen LogP contribution >= 0.6 is 0 Å². The van der Waals surface area contributed by atoms with Crippen LogP contribution in [0.15, 0.2) is 73.1 Å². The minimum atomic E-state index is 0.322. The highest BCUT2D eigenvalue weighted by Gasteiger charge is 2.04. The maximum absolute atomic E-state index is 8.63. The predicted molar refractivity (Wildman–Crippen MR) is 89.6 cm³/mol. The summed E-state index contributed by atoms with van der Waals surface area (Å²) in [5, 5.41) is 10.6. The number of para-hydroxylation sites is 1. The average molecular weight is 289 g/mol. The van der Waals surface area contributed by atoms with Crippen LogP contribution in [0, 0.1) is 0 Å². The van der Waals surface area contributed by atoms with E-state index in [1.165, 1.54) is 0 Å². The molecule has 3 N–H and O–H groups in total. The van der Waals surface area contributed by atoms with Gasteiger partial charge in [-0.3, -0.25) is 9.97 Å². The first-order valence-electron chi connectivity index (χ1n) is 6.87. The lowest BCUT2D eigenvalue weighted by Gasteiger charge is -2.04. The van der Waals surface area contributed by atoms with Crippen molar-refractivity contribution < 1.29 is 5.11 Å². The maximum atomic E-state index is 8.63. The van der Waals surface area contributed by atoms with Gasteiger partial charge in [0.05, 0.1) is 11.0 Å². The fraction of sp³-hybridized carbons (Fsp3) is 0. The number of rotatable bonds is 0. The van der Waals surface area contributed by atoms with Crippen LogP contribution in [-0.2, 0) is 0 Å². The van der Waals surface area contributed by atoms with Crippen LogP contribution in [0.3, 0.4) is 0 Å². The van der Waals surface area contributed by atoms with Crippen LogP contribution < -0.4 is 5.73 Å². The Hall–Kier alpha value is -3.14. The Kier molecular flexibility index (Phi) is 3.83. The standard InChI is InChI=1S/C12H9N3.C6H6O/c13-10-7-8-3-1-5-14-11(8)12-9(10)4-2-6-15-12;7-6-4-2-1-3-5-6/h1-7H,13H2;1-5,7H. The number of fused-ring (bicyclic) bond motifs is 3. The van der Waals surface area contributed by atoms with Gasteiger partial charge in [-0.2, -0.15) is 0 Å². The van der Waals surface area contributed by atoms with Crippen LogP contribution in [0.5, 0.6) is 5.75 Å². The third-order valence-electron chi connectivity index (χ3n) is 3.25. The van der Waals surface area contributed by atoms with Crippen molar-refractivity contribution in [1.82, 2.24) is 9.97 Å². The molecule has 0 bridgehead atoms. The zero-order valence-electron chi connectivity index (χ0n) is 11.8. The molecule has 0 radical (unpaired) electrons. The molecule has 0 aliphatic carbocycles. The van der Waals surface area contributed by atoms with Crippen molar-refractivity contribution in [2.45, 2.75) is 0 Å². The smallest absolute Gasteiger partial charge is 0.115 e. The number of pyridine rings is 2. The topological polar surface area (TPSA) is 72.0 Å². The largest absolute Gasteiger partial charge is 0.508 e. The molecule has 0 saturated carbocycles. The van der Waals surface area contributed by atoms with E-state index in [-0.39, 0.29) is 0 Å². The molecule has 22 heavy (non-hydrogen) atoms. The van der Waals surface area contributed by atoms with Gasteiger partial charge in [0, 0.05) is 28.9 Å². The molecule has 108 valence electrons.